The van der Waals surface area contributed by atoms with Crippen LogP contribution in [0.4, 0.5) is 0 Å². The van der Waals surface area contributed by atoms with Gasteiger partial charge < -0.3 is 15.2 Å². The van der Waals surface area contributed by atoms with E-state index >= 15 is 0 Å². The summed E-state index contributed by atoms with van der Waals surface area (Å²) in [6, 6.07) is 10.2. The predicted octanol–water partition coefficient (Wildman–Crippen LogP) is 2.75. The fourth-order valence-electron chi connectivity index (χ4n) is 2.25. The van der Waals surface area contributed by atoms with Crippen molar-refractivity contribution >= 4 is 10.8 Å². The molecule has 3 nitrogen and oxygen atoms in total. The van der Waals surface area contributed by atoms with Gasteiger partial charge in [0.1, 0.15) is 11.5 Å². The Morgan fingerprint density at radius 2 is 1.83 bits per heavy atom. The van der Waals surface area contributed by atoms with E-state index in [1.165, 1.54) is 5.56 Å². The van der Waals surface area contributed by atoms with Crippen LogP contribution in [0.3, 0.4) is 0 Å². The number of ether oxygens (including phenoxy) is 2. The highest BCUT2D eigenvalue weighted by molar-refractivity contribution is 5.94. The minimum absolute atomic E-state index is 0.694. The van der Waals surface area contributed by atoms with Gasteiger partial charge in [0.25, 0.3) is 0 Å². The molecule has 0 aromatic heterocycles. The van der Waals surface area contributed by atoms with E-state index in [9.17, 15) is 0 Å². The number of methoxy groups -OCH3 is 2. The van der Waals surface area contributed by atoms with E-state index in [0.717, 1.165) is 35.1 Å². The monoisotopic (exact) mass is 245 g/mol. The van der Waals surface area contributed by atoms with E-state index < -0.39 is 0 Å². The summed E-state index contributed by atoms with van der Waals surface area (Å²) in [5, 5.41) is 2.17. The average molecular weight is 245 g/mol. The molecular formula is C15H19NO2. The Morgan fingerprint density at radius 1 is 1.00 bits per heavy atom. The highest BCUT2D eigenvalue weighted by atomic mass is 16.5. The zero-order chi connectivity index (χ0) is 13.0. The van der Waals surface area contributed by atoms with Crippen molar-refractivity contribution in [1.82, 2.24) is 0 Å². The van der Waals surface area contributed by atoms with E-state index in [2.05, 4.69) is 18.2 Å². The molecule has 0 radical (unpaired) electrons. The van der Waals surface area contributed by atoms with E-state index in [1.807, 2.05) is 12.1 Å². The maximum atomic E-state index is 5.57. The molecule has 0 unspecified atom stereocenters. The van der Waals surface area contributed by atoms with Crippen molar-refractivity contribution in [3.05, 3.63) is 35.9 Å². The Morgan fingerprint density at radius 3 is 2.50 bits per heavy atom. The Labute approximate surface area is 108 Å². The van der Waals surface area contributed by atoms with Gasteiger partial charge >= 0.3 is 0 Å². The molecule has 0 aliphatic heterocycles. The average Bonchev–Trinajstić information content (AvgIpc) is 2.43. The summed E-state index contributed by atoms with van der Waals surface area (Å²) in [5.74, 6) is 1.80. The third kappa shape index (κ3) is 2.27. The highest BCUT2D eigenvalue weighted by Crippen LogP contribution is 2.35. The smallest absolute Gasteiger partial charge is 0.130 e. The fourth-order valence-corrected chi connectivity index (χ4v) is 2.25. The number of hydrogen-bond donors (Lipinski definition) is 1. The number of fused-ring (bicyclic) bond motifs is 1. The van der Waals surface area contributed by atoms with Gasteiger partial charge in [0.15, 0.2) is 0 Å². The molecule has 0 amide bonds. The molecule has 0 bridgehead atoms. The highest BCUT2D eigenvalue weighted by Gasteiger charge is 2.10. The van der Waals surface area contributed by atoms with Crippen LogP contribution < -0.4 is 15.2 Å². The maximum Gasteiger partial charge on any atom is 0.130 e. The number of benzene rings is 2. The molecule has 0 saturated heterocycles. The van der Waals surface area contributed by atoms with Crippen molar-refractivity contribution < 1.29 is 9.47 Å². The van der Waals surface area contributed by atoms with Gasteiger partial charge in [-0.3, -0.25) is 0 Å². The third-order valence-electron chi connectivity index (χ3n) is 3.13. The van der Waals surface area contributed by atoms with E-state index in [1.54, 1.807) is 14.2 Å². The summed E-state index contributed by atoms with van der Waals surface area (Å²) in [7, 11) is 3.39. The van der Waals surface area contributed by atoms with Gasteiger partial charge in [-0.2, -0.15) is 0 Å². The summed E-state index contributed by atoms with van der Waals surface area (Å²) in [6.45, 7) is 0.694. The van der Waals surface area contributed by atoms with Crippen LogP contribution in [0.25, 0.3) is 10.8 Å². The topological polar surface area (TPSA) is 44.5 Å². The first-order valence-corrected chi connectivity index (χ1v) is 6.14. The second-order valence-corrected chi connectivity index (χ2v) is 4.21. The molecular weight excluding hydrogens is 226 g/mol. The Bertz CT molecular complexity index is 537. The molecule has 2 N–H and O–H groups in total. The lowest BCUT2D eigenvalue weighted by molar-refractivity contribution is 0.412. The molecule has 3 heteroatoms. The first kappa shape index (κ1) is 12.7. The van der Waals surface area contributed by atoms with Gasteiger partial charge in [0, 0.05) is 10.8 Å². The van der Waals surface area contributed by atoms with E-state index in [0.29, 0.717) is 6.54 Å². The molecule has 0 fully saturated rings. The van der Waals surface area contributed by atoms with Crippen LogP contribution in [0.15, 0.2) is 30.3 Å². The second kappa shape index (κ2) is 5.74. The van der Waals surface area contributed by atoms with E-state index in [-0.39, 0.29) is 0 Å². The van der Waals surface area contributed by atoms with Crippen molar-refractivity contribution in [1.29, 1.82) is 0 Å². The van der Waals surface area contributed by atoms with Crippen LogP contribution in [-0.4, -0.2) is 20.8 Å². The second-order valence-electron chi connectivity index (χ2n) is 4.21. The van der Waals surface area contributed by atoms with Crippen LogP contribution in [-0.2, 0) is 6.42 Å². The molecule has 0 aliphatic carbocycles. The lowest BCUT2D eigenvalue weighted by atomic mass is 10.0. The molecule has 2 aromatic carbocycles. The predicted molar refractivity (Wildman–Crippen MR) is 74.4 cm³/mol. The molecule has 2 aromatic rings. The number of nitrogens with two attached hydrogens (primary N) is 1. The molecule has 18 heavy (non-hydrogen) atoms. The van der Waals surface area contributed by atoms with Crippen LogP contribution in [0, 0.1) is 0 Å². The third-order valence-corrected chi connectivity index (χ3v) is 3.13. The molecule has 0 saturated carbocycles. The largest absolute Gasteiger partial charge is 0.496 e. The molecule has 0 heterocycles. The van der Waals surface area contributed by atoms with Crippen molar-refractivity contribution in [3.8, 4) is 11.5 Å². The van der Waals surface area contributed by atoms with Crippen molar-refractivity contribution in [3.63, 3.8) is 0 Å². The Balaban J connectivity index is 2.57. The Kier molecular flexibility index (Phi) is 4.05. The molecule has 96 valence electrons. The summed E-state index contributed by atoms with van der Waals surface area (Å²) in [6.07, 6.45) is 1.90. The van der Waals surface area contributed by atoms with Crippen LogP contribution in [0.5, 0.6) is 11.5 Å². The fraction of sp³-hybridized carbons (Fsp3) is 0.333. The Hall–Kier alpha value is -1.74. The summed E-state index contributed by atoms with van der Waals surface area (Å²) >= 11 is 0. The molecule has 2 rings (SSSR count). The molecule has 0 spiro atoms. The first-order chi connectivity index (χ1) is 8.81. The maximum absolute atomic E-state index is 5.57. The zero-order valence-electron chi connectivity index (χ0n) is 10.9. The van der Waals surface area contributed by atoms with Crippen LogP contribution in [0.2, 0.25) is 0 Å². The lowest BCUT2D eigenvalue weighted by Gasteiger charge is -2.13. The SMILES string of the molecule is COc1cccc2c(OC)c(CCCN)ccc12. The van der Waals surface area contributed by atoms with Gasteiger partial charge in [0.2, 0.25) is 0 Å². The number of rotatable bonds is 5. The van der Waals surface area contributed by atoms with Crippen LogP contribution in [0.1, 0.15) is 12.0 Å². The minimum atomic E-state index is 0.694. The summed E-state index contributed by atoms with van der Waals surface area (Å²) in [5.41, 5.74) is 6.76. The van der Waals surface area contributed by atoms with Gasteiger partial charge in [0.05, 0.1) is 14.2 Å². The van der Waals surface area contributed by atoms with Crippen molar-refractivity contribution in [2.45, 2.75) is 12.8 Å². The molecule has 0 aliphatic rings. The first-order valence-electron chi connectivity index (χ1n) is 6.14. The van der Waals surface area contributed by atoms with Crippen molar-refractivity contribution in [2.24, 2.45) is 5.73 Å². The van der Waals surface area contributed by atoms with Gasteiger partial charge in [-0.1, -0.05) is 24.3 Å². The molecule has 0 atom stereocenters. The van der Waals surface area contributed by atoms with Gasteiger partial charge in [-0.25, -0.2) is 0 Å². The van der Waals surface area contributed by atoms with E-state index in [4.69, 9.17) is 15.2 Å². The quantitative estimate of drug-likeness (QED) is 0.881. The zero-order valence-corrected chi connectivity index (χ0v) is 10.9. The summed E-state index contributed by atoms with van der Waals surface area (Å²) < 4.78 is 10.9. The normalized spacial score (nSPS) is 10.6. The van der Waals surface area contributed by atoms with Gasteiger partial charge in [-0.05, 0) is 31.0 Å². The lowest BCUT2D eigenvalue weighted by Crippen LogP contribution is -2.02. The van der Waals surface area contributed by atoms with Crippen molar-refractivity contribution in [2.75, 3.05) is 20.8 Å². The summed E-state index contributed by atoms with van der Waals surface area (Å²) in [4.78, 5) is 0. The minimum Gasteiger partial charge on any atom is -0.496 e. The van der Waals surface area contributed by atoms with Crippen LogP contribution >= 0.6 is 0 Å². The van der Waals surface area contributed by atoms with Gasteiger partial charge in [-0.15, -0.1) is 0 Å². The number of hydrogen-bond acceptors (Lipinski definition) is 3. The number of aryl methyl sites for hydroxylation is 1. The standard InChI is InChI=1S/C15H19NO2/c1-17-14-7-3-6-13-12(14)9-8-11(5-4-10-16)15(13)18-2/h3,6-9H,4-5,10,16H2,1-2H3.